The van der Waals surface area contributed by atoms with E-state index in [4.69, 9.17) is 19.2 Å². The number of allylic oxidation sites excluding steroid dienone is 1. The van der Waals surface area contributed by atoms with Gasteiger partial charge < -0.3 is 19.5 Å². The Morgan fingerprint density at radius 2 is 1.74 bits per heavy atom. The van der Waals surface area contributed by atoms with Crippen LogP contribution in [0, 0.1) is 0 Å². The minimum atomic E-state index is -0.721. The number of anilines is 1. The number of aromatic nitrogens is 1. The van der Waals surface area contributed by atoms with Gasteiger partial charge in [0.25, 0.3) is 11.5 Å². The molecule has 4 aromatic carbocycles. The number of rotatable bonds is 9. The topological polar surface area (TPSA) is 91.2 Å². The van der Waals surface area contributed by atoms with Gasteiger partial charge in [-0.15, -0.1) is 0 Å². The van der Waals surface area contributed by atoms with E-state index in [1.165, 1.54) is 11.3 Å². The van der Waals surface area contributed by atoms with Gasteiger partial charge in [0.2, 0.25) is 0 Å². The maximum atomic E-state index is 14.1. The lowest BCUT2D eigenvalue weighted by Crippen LogP contribution is -2.40. The molecule has 1 aromatic heterocycles. The van der Waals surface area contributed by atoms with Crippen LogP contribution in [0.5, 0.6) is 17.2 Å². The Hall–Kier alpha value is -4.93. The molecule has 0 aliphatic carbocycles. The molecule has 1 atom stereocenters. The quantitative estimate of drug-likeness (QED) is 0.197. The van der Waals surface area contributed by atoms with E-state index in [-0.39, 0.29) is 11.5 Å². The number of halogens is 1. The number of methoxy groups -OCH3 is 2. The fourth-order valence-corrected chi connectivity index (χ4v) is 6.56. The van der Waals surface area contributed by atoms with Crippen LogP contribution in [0.1, 0.15) is 29.7 Å². The van der Waals surface area contributed by atoms with Gasteiger partial charge in [-0.3, -0.25) is 14.2 Å². The second kappa shape index (κ2) is 13.6. The molecule has 46 heavy (non-hydrogen) atoms. The zero-order valence-corrected chi connectivity index (χ0v) is 27.7. The standard InChI is InChI=1S/C36H30BrN3O5S/c1-22-32(34(41)39-27-9-5-4-6-10-27)33(25-8-7-11-28(20-25)43-2)40-35(42)31(46-36(40)38-22)19-24-14-17-29(30(18-24)44-3)45-21-23-12-15-26(37)16-13-23/h4-20,33H,21H2,1-3H3,(H,39,41)/b31-19-/t33-/m1/s1. The first-order chi connectivity index (χ1) is 22.3. The van der Waals surface area contributed by atoms with Crippen molar-refractivity contribution in [2.45, 2.75) is 19.6 Å². The van der Waals surface area contributed by atoms with Gasteiger partial charge in [-0.1, -0.05) is 75.8 Å². The van der Waals surface area contributed by atoms with Crippen molar-refractivity contribution in [2.75, 3.05) is 19.5 Å². The lowest BCUT2D eigenvalue weighted by Gasteiger charge is -2.25. The van der Waals surface area contributed by atoms with Gasteiger partial charge in [0.15, 0.2) is 16.3 Å². The summed E-state index contributed by atoms with van der Waals surface area (Å²) in [6.45, 7) is 2.17. The van der Waals surface area contributed by atoms with Crippen molar-refractivity contribution >= 4 is 44.9 Å². The lowest BCUT2D eigenvalue weighted by atomic mass is 9.95. The molecule has 1 aliphatic rings. The van der Waals surface area contributed by atoms with E-state index >= 15 is 0 Å². The Morgan fingerprint density at radius 3 is 2.48 bits per heavy atom. The van der Waals surface area contributed by atoms with Crippen LogP contribution in [0.3, 0.4) is 0 Å². The number of hydrogen-bond acceptors (Lipinski definition) is 7. The maximum Gasteiger partial charge on any atom is 0.271 e. The molecule has 0 bridgehead atoms. The molecule has 1 amide bonds. The fraction of sp³-hybridized carbons (Fsp3) is 0.139. The molecule has 0 saturated carbocycles. The van der Waals surface area contributed by atoms with Crippen LogP contribution in [0.4, 0.5) is 5.69 Å². The van der Waals surface area contributed by atoms with Crippen molar-refractivity contribution in [3.05, 3.63) is 149 Å². The van der Waals surface area contributed by atoms with Crippen LogP contribution < -0.4 is 34.4 Å². The Balaban J connectivity index is 1.38. The molecule has 1 N–H and O–H groups in total. The molecule has 0 unspecified atom stereocenters. The van der Waals surface area contributed by atoms with E-state index in [0.717, 1.165) is 21.2 Å². The maximum absolute atomic E-state index is 14.1. The molecule has 2 heterocycles. The number of amides is 1. The molecule has 0 radical (unpaired) electrons. The predicted octanol–water partition coefficient (Wildman–Crippen LogP) is 6.23. The predicted molar refractivity (Wildman–Crippen MR) is 183 cm³/mol. The highest BCUT2D eigenvalue weighted by Gasteiger charge is 2.32. The largest absolute Gasteiger partial charge is 0.497 e. The van der Waals surface area contributed by atoms with Crippen molar-refractivity contribution in [1.29, 1.82) is 0 Å². The van der Waals surface area contributed by atoms with Crippen LogP contribution in [0.25, 0.3) is 6.08 Å². The third-order valence-electron chi connectivity index (χ3n) is 7.50. The third kappa shape index (κ3) is 6.54. The number of ether oxygens (including phenoxy) is 3. The highest BCUT2D eigenvalue weighted by Crippen LogP contribution is 2.33. The minimum Gasteiger partial charge on any atom is -0.497 e. The Labute approximate surface area is 278 Å². The second-order valence-corrected chi connectivity index (χ2v) is 12.4. The first-order valence-corrected chi connectivity index (χ1v) is 16.0. The zero-order valence-electron chi connectivity index (χ0n) is 25.3. The molecular weight excluding hydrogens is 666 g/mol. The third-order valence-corrected chi connectivity index (χ3v) is 9.01. The summed E-state index contributed by atoms with van der Waals surface area (Å²) in [6.07, 6.45) is 1.80. The Kier molecular flexibility index (Phi) is 9.18. The summed E-state index contributed by atoms with van der Waals surface area (Å²) in [5.74, 6) is 1.42. The lowest BCUT2D eigenvalue weighted by molar-refractivity contribution is -0.113. The monoisotopic (exact) mass is 695 g/mol. The van der Waals surface area contributed by atoms with E-state index < -0.39 is 6.04 Å². The summed E-state index contributed by atoms with van der Waals surface area (Å²) in [7, 11) is 3.17. The van der Waals surface area contributed by atoms with E-state index in [1.807, 2.05) is 97.1 Å². The SMILES string of the molecule is COc1cccc([C@@H]2C(C(=O)Nc3ccccc3)=C(C)N=c3s/c(=C\c4ccc(OCc5ccc(Br)cc5)c(OC)c4)c(=O)n32)c1. The van der Waals surface area contributed by atoms with Gasteiger partial charge in [0, 0.05) is 10.2 Å². The average Bonchev–Trinajstić information content (AvgIpc) is 3.38. The van der Waals surface area contributed by atoms with Gasteiger partial charge in [-0.05, 0) is 78.2 Å². The number of benzene rings is 4. The highest BCUT2D eigenvalue weighted by molar-refractivity contribution is 9.10. The van der Waals surface area contributed by atoms with Gasteiger partial charge in [0.05, 0.1) is 36.1 Å². The van der Waals surface area contributed by atoms with Crippen LogP contribution in [0.2, 0.25) is 0 Å². The second-order valence-electron chi connectivity index (χ2n) is 10.5. The van der Waals surface area contributed by atoms with E-state index in [9.17, 15) is 9.59 Å². The van der Waals surface area contributed by atoms with Gasteiger partial charge in [0.1, 0.15) is 12.4 Å². The van der Waals surface area contributed by atoms with Crippen molar-refractivity contribution in [3.63, 3.8) is 0 Å². The number of nitrogens with zero attached hydrogens (tertiary/aromatic N) is 2. The molecule has 232 valence electrons. The summed E-state index contributed by atoms with van der Waals surface area (Å²) >= 11 is 4.72. The summed E-state index contributed by atoms with van der Waals surface area (Å²) in [5, 5.41) is 2.97. The first-order valence-electron chi connectivity index (χ1n) is 14.4. The highest BCUT2D eigenvalue weighted by atomic mass is 79.9. The summed E-state index contributed by atoms with van der Waals surface area (Å²) in [6, 6.07) is 29.3. The Bertz CT molecular complexity index is 2120. The minimum absolute atomic E-state index is 0.261. The molecule has 1 aliphatic heterocycles. The number of fused-ring (bicyclic) bond motifs is 1. The molecule has 5 aromatic rings. The number of nitrogens with one attached hydrogen (secondary N) is 1. The molecule has 8 nitrogen and oxygen atoms in total. The van der Waals surface area contributed by atoms with Crippen molar-refractivity contribution in [3.8, 4) is 17.2 Å². The molecule has 0 saturated heterocycles. The summed E-state index contributed by atoms with van der Waals surface area (Å²) in [4.78, 5) is 33.2. The first kappa shape index (κ1) is 31.1. The number of carbonyl (C=O) groups excluding carboxylic acids is 1. The number of thiazole rings is 1. The van der Waals surface area contributed by atoms with Crippen molar-refractivity contribution in [1.82, 2.24) is 4.57 Å². The Morgan fingerprint density at radius 1 is 0.957 bits per heavy atom. The van der Waals surface area contributed by atoms with Crippen LogP contribution in [-0.4, -0.2) is 24.7 Å². The van der Waals surface area contributed by atoms with E-state index in [0.29, 0.717) is 50.1 Å². The number of hydrogen-bond donors (Lipinski definition) is 1. The summed E-state index contributed by atoms with van der Waals surface area (Å²) in [5.41, 5.74) is 3.81. The van der Waals surface area contributed by atoms with Crippen LogP contribution >= 0.6 is 27.3 Å². The van der Waals surface area contributed by atoms with Gasteiger partial charge >= 0.3 is 0 Å². The molecule has 10 heteroatoms. The molecular formula is C36H30BrN3O5S. The molecule has 0 fully saturated rings. The zero-order chi connectivity index (χ0) is 32.2. The van der Waals surface area contributed by atoms with Gasteiger partial charge in [-0.25, -0.2) is 4.99 Å². The molecule has 6 rings (SSSR count). The normalized spacial score (nSPS) is 14.3. The van der Waals surface area contributed by atoms with Crippen LogP contribution in [-0.2, 0) is 11.4 Å². The van der Waals surface area contributed by atoms with Crippen molar-refractivity contribution in [2.24, 2.45) is 4.99 Å². The van der Waals surface area contributed by atoms with Gasteiger partial charge in [-0.2, -0.15) is 0 Å². The average molecular weight is 697 g/mol. The number of carbonyl (C=O) groups is 1. The smallest absolute Gasteiger partial charge is 0.271 e. The van der Waals surface area contributed by atoms with E-state index in [2.05, 4.69) is 21.2 Å². The fourth-order valence-electron chi connectivity index (χ4n) is 5.25. The van der Waals surface area contributed by atoms with Crippen molar-refractivity contribution < 1.29 is 19.0 Å². The van der Waals surface area contributed by atoms with E-state index in [1.54, 1.807) is 31.8 Å². The number of para-hydroxylation sites is 1. The molecule has 0 spiro atoms. The van der Waals surface area contributed by atoms with Crippen LogP contribution in [0.15, 0.2) is 123 Å². The summed E-state index contributed by atoms with van der Waals surface area (Å²) < 4.78 is 20.2.